The topological polar surface area (TPSA) is 29.1 Å². The van der Waals surface area contributed by atoms with Crippen LogP contribution in [-0.2, 0) is 4.79 Å². The number of hydrogen-bond acceptors (Lipinski definition) is 2. The van der Waals surface area contributed by atoms with Crippen LogP contribution in [0.5, 0.6) is 0 Å². The fourth-order valence-corrected chi connectivity index (χ4v) is 4.22. The number of carbonyl (C=O) groups excluding carboxylic acids is 1. The van der Waals surface area contributed by atoms with Crippen LogP contribution in [0.3, 0.4) is 0 Å². The fraction of sp³-hybridized carbons (Fsp3) is 0.208. The monoisotopic (exact) mass is 409 g/mol. The standard InChI is InChI=1S/C24H24ClNOS/c1-3-22(28-20-15-13-19(25)14-16-20)24(27)26-23(18-10-5-4-6-11-18)21-12-8-7-9-17(21)2/h4-16,22-23H,3H2,1-2H3,(H,26,27)/t22-,23-/m1/s1. The summed E-state index contributed by atoms with van der Waals surface area (Å²) in [5.74, 6) is 0.0413. The molecule has 0 heterocycles. The zero-order valence-corrected chi connectivity index (χ0v) is 17.6. The number of carbonyl (C=O) groups is 1. The molecular weight excluding hydrogens is 386 g/mol. The molecule has 0 saturated heterocycles. The third-order valence-electron chi connectivity index (χ3n) is 4.67. The van der Waals surface area contributed by atoms with Crippen molar-refractivity contribution >= 4 is 29.3 Å². The second-order valence-corrected chi connectivity index (χ2v) is 8.39. The van der Waals surface area contributed by atoms with Gasteiger partial charge in [0.1, 0.15) is 0 Å². The number of aryl methyl sites for hydroxylation is 1. The Morgan fingerprint density at radius 1 is 0.964 bits per heavy atom. The third-order valence-corrected chi connectivity index (χ3v) is 6.30. The van der Waals surface area contributed by atoms with Crippen LogP contribution >= 0.6 is 23.4 Å². The smallest absolute Gasteiger partial charge is 0.234 e. The highest BCUT2D eigenvalue weighted by molar-refractivity contribution is 8.00. The molecule has 3 aromatic carbocycles. The van der Waals surface area contributed by atoms with E-state index in [4.69, 9.17) is 11.6 Å². The first-order valence-electron chi connectivity index (χ1n) is 9.41. The lowest BCUT2D eigenvalue weighted by atomic mass is 9.95. The van der Waals surface area contributed by atoms with Gasteiger partial charge in [-0.2, -0.15) is 0 Å². The van der Waals surface area contributed by atoms with Gasteiger partial charge >= 0.3 is 0 Å². The SMILES string of the molecule is CC[C@@H](Sc1ccc(Cl)cc1)C(=O)N[C@H](c1ccccc1)c1ccccc1C. The van der Waals surface area contributed by atoms with Crippen molar-refractivity contribution < 1.29 is 4.79 Å². The van der Waals surface area contributed by atoms with Gasteiger partial charge in [0.15, 0.2) is 0 Å². The Morgan fingerprint density at radius 2 is 1.61 bits per heavy atom. The van der Waals surface area contributed by atoms with Gasteiger partial charge in [-0.1, -0.05) is 73.1 Å². The van der Waals surface area contributed by atoms with Gasteiger partial charge in [0, 0.05) is 9.92 Å². The maximum absolute atomic E-state index is 13.2. The molecule has 0 bridgehead atoms. The van der Waals surface area contributed by atoms with Gasteiger partial charge < -0.3 is 5.32 Å². The quantitative estimate of drug-likeness (QED) is 0.456. The van der Waals surface area contributed by atoms with Gasteiger partial charge in [-0.3, -0.25) is 4.79 Å². The highest BCUT2D eigenvalue weighted by Gasteiger charge is 2.24. The van der Waals surface area contributed by atoms with Crippen molar-refractivity contribution in [1.29, 1.82) is 0 Å². The first-order valence-corrected chi connectivity index (χ1v) is 10.7. The number of thioether (sulfide) groups is 1. The van der Waals surface area contributed by atoms with Crippen molar-refractivity contribution in [3.05, 3.63) is 101 Å². The lowest BCUT2D eigenvalue weighted by Crippen LogP contribution is -2.36. The van der Waals surface area contributed by atoms with E-state index in [9.17, 15) is 4.79 Å². The van der Waals surface area contributed by atoms with Crippen molar-refractivity contribution in [3.8, 4) is 0 Å². The van der Waals surface area contributed by atoms with E-state index >= 15 is 0 Å². The third kappa shape index (κ3) is 5.18. The number of nitrogens with one attached hydrogen (secondary N) is 1. The molecule has 144 valence electrons. The molecule has 1 amide bonds. The average molecular weight is 410 g/mol. The average Bonchev–Trinajstić information content (AvgIpc) is 2.72. The molecule has 3 rings (SSSR count). The molecule has 2 nitrogen and oxygen atoms in total. The van der Waals surface area contributed by atoms with Gasteiger partial charge in [-0.15, -0.1) is 11.8 Å². The van der Waals surface area contributed by atoms with Crippen LogP contribution in [0.4, 0.5) is 0 Å². The Kier molecular flexibility index (Phi) is 7.18. The zero-order valence-electron chi connectivity index (χ0n) is 16.1. The van der Waals surface area contributed by atoms with E-state index in [0.29, 0.717) is 5.02 Å². The molecule has 1 N–H and O–H groups in total. The van der Waals surface area contributed by atoms with Gasteiger partial charge in [-0.25, -0.2) is 0 Å². The van der Waals surface area contributed by atoms with E-state index in [0.717, 1.165) is 28.0 Å². The molecule has 2 atom stereocenters. The lowest BCUT2D eigenvalue weighted by molar-refractivity contribution is -0.121. The summed E-state index contributed by atoms with van der Waals surface area (Å²) in [6.07, 6.45) is 0.744. The summed E-state index contributed by atoms with van der Waals surface area (Å²) in [4.78, 5) is 14.2. The molecule has 0 aliphatic heterocycles. The molecule has 0 aliphatic carbocycles. The van der Waals surface area contributed by atoms with E-state index in [1.165, 1.54) is 0 Å². The van der Waals surface area contributed by atoms with Crippen LogP contribution in [-0.4, -0.2) is 11.2 Å². The second-order valence-electron chi connectivity index (χ2n) is 6.68. The van der Waals surface area contributed by atoms with Crippen molar-refractivity contribution in [3.63, 3.8) is 0 Å². The molecule has 0 unspecified atom stereocenters. The molecule has 0 fully saturated rings. The first kappa shape index (κ1) is 20.5. The van der Waals surface area contributed by atoms with Crippen molar-refractivity contribution in [2.24, 2.45) is 0 Å². The van der Waals surface area contributed by atoms with Crippen LogP contribution in [0.15, 0.2) is 83.8 Å². The minimum absolute atomic E-state index is 0.0413. The van der Waals surface area contributed by atoms with E-state index in [1.807, 2.05) is 61.5 Å². The van der Waals surface area contributed by atoms with E-state index < -0.39 is 0 Å². The van der Waals surface area contributed by atoms with E-state index in [2.05, 4.69) is 36.5 Å². The number of amides is 1. The Balaban J connectivity index is 1.84. The summed E-state index contributed by atoms with van der Waals surface area (Å²) in [6.45, 7) is 4.12. The van der Waals surface area contributed by atoms with E-state index in [-0.39, 0.29) is 17.2 Å². The summed E-state index contributed by atoms with van der Waals surface area (Å²) in [5, 5.41) is 3.82. The fourth-order valence-electron chi connectivity index (χ4n) is 3.13. The summed E-state index contributed by atoms with van der Waals surface area (Å²) in [7, 11) is 0. The Bertz CT molecular complexity index is 911. The molecule has 28 heavy (non-hydrogen) atoms. The van der Waals surface area contributed by atoms with Gasteiger partial charge in [-0.05, 0) is 54.3 Å². The maximum Gasteiger partial charge on any atom is 0.234 e. The van der Waals surface area contributed by atoms with Crippen LogP contribution in [0.25, 0.3) is 0 Å². The number of benzene rings is 3. The van der Waals surface area contributed by atoms with Gasteiger partial charge in [0.2, 0.25) is 5.91 Å². The maximum atomic E-state index is 13.2. The van der Waals surface area contributed by atoms with E-state index in [1.54, 1.807) is 11.8 Å². The largest absolute Gasteiger partial charge is 0.344 e. The highest BCUT2D eigenvalue weighted by Crippen LogP contribution is 2.29. The van der Waals surface area contributed by atoms with Crippen LogP contribution in [0.2, 0.25) is 5.02 Å². The molecule has 3 aromatic rings. The molecule has 0 saturated carbocycles. The Labute approximate surface area is 176 Å². The summed E-state index contributed by atoms with van der Waals surface area (Å²) in [6, 6.07) is 25.8. The summed E-state index contributed by atoms with van der Waals surface area (Å²) in [5.41, 5.74) is 3.36. The normalized spacial score (nSPS) is 13.0. The number of hydrogen-bond donors (Lipinski definition) is 1. The molecule has 0 aliphatic rings. The molecule has 4 heteroatoms. The van der Waals surface area contributed by atoms with Crippen LogP contribution in [0.1, 0.15) is 36.1 Å². The van der Waals surface area contributed by atoms with Gasteiger partial charge in [0.25, 0.3) is 0 Å². The van der Waals surface area contributed by atoms with Crippen molar-refractivity contribution in [1.82, 2.24) is 5.32 Å². The Morgan fingerprint density at radius 3 is 2.25 bits per heavy atom. The van der Waals surface area contributed by atoms with Crippen LogP contribution in [0, 0.1) is 6.92 Å². The minimum Gasteiger partial charge on any atom is -0.344 e. The molecular formula is C24H24ClNOS. The predicted molar refractivity (Wildman–Crippen MR) is 119 cm³/mol. The summed E-state index contributed by atoms with van der Waals surface area (Å²) >= 11 is 7.55. The van der Waals surface area contributed by atoms with Crippen molar-refractivity contribution in [2.45, 2.75) is 36.5 Å². The molecule has 0 aromatic heterocycles. The highest BCUT2D eigenvalue weighted by atomic mass is 35.5. The van der Waals surface area contributed by atoms with Gasteiger partial charge in [0.05, 0.1) is 11.3 Å². The number of rotatable bonds is 7. The molecule has 0 spiro atoms. The summed E-state index contributed by atoms with van der Waals surface area (Å²) < 4.78 is 0. The second kappa shape index (κ2) is 9.81. The minimum atomic E-state index is -0.172. The van der Waals surface area contributed by atoms with Crippen molar-refractivity contribution in [2.75, 3.05) is 0 Å². The zero-order chi connectivity index (χ0) is 19.9. The molecule has 0 radical (unpaired) electrons. The Hall–Kier alpha value is -2.23. The first-order chi connectivity index (χ1) is 13.6. The van der Waals surface area contributed by atoms with Crippen LogP contribution < -0.4 is 5.32 Å². The number of halogens is 1. The lowest BCUT2D eigenvalue weighted by Gasteiger charge is -2.24. The predicted octanol–water partition coefficient (Wildman–Crippen LogP) is 6.42.